The maximum Gasteiger partial charge on any atom is 0.171 e. The van der Waals surface area contributed by atoms with Crippen LogP contribution in [0.1, 0.15) is 38.3 Å². The van der Waals surface area contributed by atoms with Crippen molar-refractivity contribution in [1.29, 1.82) is 0 Å². The molecule has 0 aromatic carbocycles. The van der Waals surface area contributed by atoms with Crippen LogP contribution in [0.25, 0.3) is 10.7 Å². The fraction of sp³-hybridized carbons (Fsp3) is 0.467. The van der Waals surface area contributed by atoms with Crippen LogP contribution in [-0.2, 0) is 5.41 Å². The summed E-state index contributed by atoms with van der Waals surface area (Å²) in [5.74, 6) is 1.69. The van der Waals surface area contributed by atoms with Gasteiger partial charge in [-0.05, 0) is 35.8 Å². The summed E-state index contributed by atoms with van der Waals surface area (Å²) in [7, 11) is 0. The Hall–Kier alpha value is -0.940. The Morgan fingerprint density at radius 2 is 1.95 bits per heavy atom. The Kier molecular flexibility index (Phi) is 4.49. The molecule has 0 atom stereocenters. The molecule has 2 aromatic rings. The molecule has 0 spiro atoms. The Balaban J connectivity index is 2.54. The van der Waals surface area contributed by atoms with Gasteiger partial charge >= 0.3 is 0 Å². The van der Waals surface area contributed by atoms with Crippen LogP contribution in [0.2, 0.25) is 0 Å². The molecule has 108 valence electrons. The maximum absolute atomic E-state index is 4.75. The van der Waals surface area contributed by atoms with Crippen LogP contribution in [0.4, 0.5) is 5.82 Å². The lowest BCUT2D eigenvalue weighted by molar-refractivity contribution is 0.568. The highest BCUT2D eigenvalue weighted by atomic mass is 79.9. The number of aryl methyl sites for hydroxylation is 1. The first-order chi connectivity index (χ1) is 9.31. The zero-order valence-corrected chi connectivity index (χ0v) is 14.9. The maximum atomic E-state index is 4.75. The largest absolute Gasteiger partial charge is 0.370 e. The summed E-state index contributed by atoms with van der Waals surface area (Å²) in [5, 5.41) is 3.29. The molecule has 2 aromatic heterocycles. The summed E-state index contributed by atoms with van der Waals surface area (Å²) in [6.07, 6.45) is 0. The lowest BCUT2D eigenvalue weighted by Gasteiger charge is -2.19. The molecule has 0 aliphatic rings. The summed E-state index contributed by atoms with van der Waals surface area (Å²) in [6.45, 7) is 11.5. The van der Waals surface area contributed by atoms with E-state index in [1.165, 1.54) is 4.88 Å². The fourth-order valence-electron chi connectivity index (χ4n) is 1.78. The van der Waals surface area contributed by atoms with Gasteiger partial charge in [0.25, 0.3) is 0 Å². The Morgan fingerprint density at radius 3 is 2.45 bits per heavy atom. The average Bonchev–Trinajstić information content (AvgIpc) is 2.69. The van der Waals surface area contributed by atoms with E-state index in [4.69, 9.17) is 4.98 Å². The van der Waals surface area contributed by atoms with Crippen molar-refractivity contribution < 1.29 is 0 Å². The summed E-state index contributed by atoms with van der Waals surface area (Å²) < 4.78 is 1.12. The van der Waals surface area contributed by atoms with E-state index in [1.807, 2.05) is 6.07 Å². The number of nitrogens with zero attached hydrogens (tertiary/aromatic N) is 2. The lowest BCUT2D eigenvalue weighted by Crippen LogP contribution is -2.15. The molecule has 0 radical (unpaired) electrons. The van der Waals surface area contributed by atoms with E-state index >= 15 is 0 Å². The zero-order valence-electron chi connectivity index (χ0n) is 12.5. The molecular formula is C15H20BrN3S. The second kappa shape index (κ2) is 5.82. The number of hydrogen-bond donors (Lipinski definition) is 1. The molecular weight excluding hydrogens is 334 g/mol. The van der Waals surface area contributed by atoms with Gasteiger partial charge in [0.1, 0.15) is 5.82 Å². The van der Waals surface area contributed by atoms with Crippen molar-refractivity contribution in [2.24, 2.45) is 0 Å². The number of nitrogens with one attached hydrogen (secondary N) is 1. The fourth-order valence-corrected chi connectivity index (χ4v) is 3.25. The van der Waals surface area contributed by atoms with Crippen molar-refractivity contribution in [3.63, 3.8) is 0 Å². The van der Waals surface area contributed by atoms with E-state index in [0.29, 0.717) is 0 Å². The Labute approximate surface area is 133 Å². The van der Waals surface area contributed by atoms with Crippen LogP contribution >= 0.6 is 27.3 Å². The van der Waals surface area contributed by atoms with Crippen molar-refractivity contribution in [2.75, 3.05) is 11.9 Å². The smallest absolute Gasteiger partial charge is 0.171 e. The van der Waals surface area contributed by atoms with Gasteiger partial charge in [-0.1, -0.05) is 20.8 Å². The van der Waals surface area contributed by atoms with Gasteiger partial charge in [0.15, 0.2) is 5.82 Å². The molecule has 20 heavy (non-hydrogen) atoms. The molecule has 2 heterocycles. The highest BCUT2D eigenvalue weighted by Gasteiger charge is 2.19. The van der Waals surface area contributed by atoms with Crippen molar-refractivity contribution in [3.05, 3.63) is 27.2 Å². The van der Waals surface area contributed by atoms with Crippen molar-refractivity contribution in [1.82, 2.24) is 9.97 Å². The van der Waals surface area contributed by atoms with Gasteiger partial charge < -0.3 is 5.32 Å². The minimum atomic E-state index is 0.00535. The number of halogens is 1. The van der Waals surface area contributed by atoms with Crippen LogP contribution in [0.15, 0.2) is 16.6 Å². The molecule has 1 N–H and O–H groups in total. The number of hydrogen-bond acceptors (Lipinski definition) is 4. The van der Waals surface area contributed by atoms with E-state index in [9.17, 15) is 0 Å². The molecule has 0 amide bonds. The van der Waals surface area contributed by atoms with Gasteiger partial charge in [-0.2, -0.15) is 0 Å². The third kappa shape index (κ3) is 3.38. The van der Waals surface area contributed by atoms with Crippen LogP contribution in [0, 0.1) is 6.92 Å². The van der Waals surface area contributed by atoms with E-state index < -0.39 is 0 Å². The second-order valence-electron chi connectivity index (χ2n) is 5.76. The summed E-state index contributed by atoms with van der Waals surface area (Å²) >= 11 is 5.27. The SMILES string of the molecule is CCNc1cc(C(C)(C)C)nc(-c2cc(Br)c(C)s2)n1. The summed E-state index contributed by atoms with van der Waals surface area (Å²) in [5.41, 5.74) is 1.06. The molecule has 0 saturated carbocycles. The Bertz CT molecular complexity index is 595. The first-order valence-corrected chi connectivity index (χ1v) is 8.32. The Morgan fingerprint density at radius 1 is 1.25 bits per heavy atom. The van der Waals surface area contributed by atoms with Gasteiger partial charge in [-0.15, -0.1) is 11.3 Å². The standard InChI is InChI=1S/C15H20BrN3S/c1-6-17-13-8-12(15(3,4)5)18-14(19-13)11-7-10(16)9(2)20-11/h7-8H,6H2,1-5H3,(H,17,18,19). The highest BCUT2D eigenvalue weighted by molar-refractivity contribution is 9.10. The molecule has 0 aliphatic carbocycles. The van der Waals surface area contributed by atoms with E-state index in [-0.39, 0.29) is 5.41 Å². The number of aromatic nitrogens is 2. The topological polar surface area (TPSA) is 37.8 Å². The third-order valence-corrected chi connectivity index (χ3v) is 5.06. The number of rotatable bonds is 3. The lowest BCUT2D eigenvalue weighted by atomic mass is 9.92. The van der Waals surface area contributed by atoms with Gasteiger partial charge in [0.2, 0.25) is 0 Å². The molecule has 0 bridgehead atoms. The second-order valence-corrected chi connectivity index (χ2v) is 7.87. The zero-order chi connectivity index (χ0) is 14.9. The van der Waals surface area contributed by atoms with Crippen molar-refractivity contribution >= 4 is 33.1 Å². The van der Waals surface area contributed by atoms with Crippen molar-refractivity contribution in [3.8, 4) is 10.7 Å². The number of thiophene rings is 1. The van der Waals surface area contributed by atoms with E-state index in [2.05, 4.69) is 66.9 Å². The average molecular weight is 354 g/mol. The monoisotopic (exact) mass is 353 g/mol. The molecule has 0 unspecified atom stereocenters. The van der Waals surface area contributed by atoms with Crippen LogP contribution < -0.4 is 5.32 Å². The molecule has 0 aliphatic heterocycles. The third-order valence-electron chi connectivity index (χ3n) is 2.93. The van der Waals surface area contributed by atoms with E-state index in [1.54, 1.807) is 11.3 Å². The van der Waals surface area contributed by atoms with Gasteiger partial charge in [0.05, 0.1) is 10.6 Å². The molecule has 0 fully saturated rings. The van der Waals surface area contributed by atoms with Crippen LogP contribution in [0.5, 0.6) is 0 Å². The summed E-state index contributed by atoms with van der Waals surface area (Å²) in [6, 6.07) is 4.14. The first-order valence-electron chi connectivity index (χ1n) is 6.71. The minimum Gasteiger partial charge on any atom is -0.370 e. The van der Waals surface area contributed by atoms with Gasteiger partial charge in [-0.25, -0.2) is 9.97 Å². The molecule has 5 heteroatoms. The van der Waals surface area contributed by atoms with Gasteiger partial charge in [0, 0.05) is 27.4 Å². The molecule has 3 nitrogen and oxygen atoms in total. The molecule has 2 rings (SSSR count). The normalized spacial score (nSPS) is 11.7. The van der Waals surface area contributed by atoms with Crippen molar-refractivity contribution in [2.45, 2.75) is 40.0 Å². The van der Waals surface area contributed by atoms with Crippen LogP contribution in [0.3, 0.4) is 0 Å². The number of anilines is 1. The predicted molar refractivity (Wildman–Crippen MR) is 90.6 cm³/mol. The van der Waals surface area contributed by atoms with E-state index in [0.717, 1.165) is 33.2 Å². The quantitative estimate of drug-likeness (QED) is 0.842. The highest BCUT2D eigenvalue weighted by Crippen LogP contribution is 2.34. The van der Waals surface area contributed by atoms with Gasteiger partial charge in [-0.3, -0.25) is 0 Å². The predicted octanol–water partition coefficient (Wildman–Crippen LogP) is 5.01. The summed E-state index contributed by atoms with van der Waals surface area (Å²) in [4.78, 5) is 11.7. The minimum absolute atomic E-state index is 0.00535. The molecule has 0 saturated heterocycles. The van der Waals surface area contributed by atoms with Crippen LogP contribution in [-0.4, -0.2) is 16.5 Å². The first kappa shape index (κ1) is 15.4.